The molecule has 0 spiro atoms. The van der Waals surface area contributed by atoms with Gasteiger partial charge in [0.05, 0.1) is 0 Å². The highest BCUT2D eigenvalue weighted by Crippen LogP contribution is 2.11. The van der Waals surface area contributed by atoms with E-state index >= 15 is 0 Å². The summed E-state index contributed by atoms with van der Waals surface area (Å²) in [5.74, 6) is -0.551. The molecule has 0 aromatic heterocycles. The van der Waals surface area contributed by atoms with Crippen LogP contribution in [0.15, 0.2) is 0 Å². The molecule has 2 atom stereocenters. The van der Waals surface area contributed by atoms with Gasteiger partial charge in [-0.3, -0.25) is 9.59 Å². The number of rotatable bonds is 8. The van der Waals surface area contributed by atoms with Gasteiger partial charge in [0.2, 0.25) is 5.91 Å². The summed E-state index contributed by atoms with van der Waals surface area (Å²) in [5, 5.41) is 11.6. The first-order valence-electron chi connectivity index (χ1n) is 7.68. The molecule has 1 saturated heterocycles. The molecule has 5 nitrogen and oxygen atoms in total. The number of carboxylic acid groups (broad SMARTS) is 1. The molecule has 2 N–H and O–H groups in total. The monoisotopic (exact) mass is 284 g/mol. The maximum absolute atomic E-state index is 11.7. The van der Waals surface area contributed by atoms with Crippen molar-refractivity contribution in [1.82, 2.24) is 10.2 Å². The Bertz CT molecular complexity index is 314. The van der Waals surface area contributed by atoms with Crippen LogP contribution in [0, 0.1) is 11.8 Å². The van der Waals surface area contributed by atoms with Crippen molar-refractivity contribution < 1.29 is 14.7 Å². The number of carbonyl (C=O) groups excluding carboxylic acids is 1. The number of nitrogens with zero attached hydrogens (tertiary/aromatic N) is 1. The Hall–Kier alpha value is -1.10. The molecule has 1 amide bonds. The van der Waals surface area contributed by atoms with E-state index in [1.165, 1.54) is 32.4 Å². The molecule has 1 aliphatic rings. The first kappa shape index (κ1) is 17.0. The van der Waals surface area contributed by atoms with Gasteiger partial charge in [-0.15, -0.1) is 0 Å². The Kier molecular flexibility index (Phi) is 7.59. The van der Waals surface area contributed by atoms with Crippen molar-refractivity contribution in [2.45, 2.75) is 46.0 Å². The zero-order valence-electron chi connectivity index (χ0n) is 12.7. The molecule has 0 aromatic carbocycles. The molecule has 0 bridgehead atoms. The fourth-order valence-corrected chi connectivity index (χ4v) is 2.69. The van der Waals surface area contributed by atoms with Gasteiger partial charge in [0.15, 0.2) is 0 Å². The summed E-state index contributed by atoms with van der Waals surface area (Å²) in [5.41, 5.74) is 0. The molecule has 1 fully saturated rings. The molecule has 5 heteroatoms. The van der Waals surface area contributed by atoms with Crippen molar-refractivity contribution in [1.29, 1.82) is 0 Å². The van der Waals surface area contributed by atoms with Gasteiger partial charge >= 0.3 is 5.97 Å². The maximum atomic E-state index is 11.7. The molecule has 1 heterocycles. The van der Waals surface area contributed by atoms with Crippen LogP contribution in [0.4, 0.5) is 0 Å². The Labute approximate surface area is 121 Å². The average Bonchev–Trinajstić information content (AvgIpc) is 2.36. The van der Waals surface area contributed by atoms with Crippen LogP contribution in [0.3, 0.4) is 0 Å². The lowest BCUT2D eigenvalue weighted by Gasteiger charge is -2.29. The van der Waals surface area contributed by atoms with Gasteiger partial charge in [-0.25, -0.2) is 0 Å². The average molecular weight is 284 g/mol. The third-order valence-electron chi connectivity index (χ3n) is 3.72. The molecular weight excluding hydrogens is 256 g/mol. The quantitative estimate of drug-likeness (QED) is 0.712. The van der Waals surface area contributed by atoms with Crippen molar-refractivity contribution >= 4 is 11.9 Å². The zero-order chi connectivity index (χ0) is 15.0. The zero-order valence-corrected chi connectivity index (χ0v) is 12.7. The van der Waals surface area contributed by atoms with Crippen LogP contribution in [-0.2, 0) is 9.59 Å². The lowest BCUT2D eigenvalue weighted by molar-refractivity contribution is -0.138. The highest BCUT2D eigenvalue weighted by molar-refractivity contribution is 5.77. The van der Waals surface area contributed by atoms with Crippen molar-refractivity contribution in [3.05, 3.63) is 0 Å². The number of hydrogen-bond donors (Lipinski definition) is 2. The van der Waals surface area contributed by atoms with Gasteiger partial charge in [-0.2, -0.15) is 0 Å². The van der Waals surface area contributed by atoms with E-state index in [0.29, 0.717) is 18.9 Å². The number of nitrogens with one attached hydrogen (secondary N) is 1. The van der Waals surface area contributed by atoms with Crippen LogP contribution in [0.5, 0.6) is 0 Å². The van der Waals surface area contributed by atoms with Crippen LogP contribution in [0.1, 0.15) is 46.0 Å². The highest BCUT2D eigenvalue weighted by atomic mass is 16.4. The smallest absolute Gasteiger partial charge is 0.303 e. The third kappa shape index (κ3) is 7.48. The fraction of sp³-hybridized carbons (Fsp3) is 0.867. The van der Waals surface area contributed by atoms with Crippen LogP contribution >= 0.6 is 0 Å². The molecule has 2 unspecified atom stereocenters. The summed E-state index contributed by atoms with van der Waals surface area (Å²) in [6.45, 7) is 8.00. The second kappa shape index (κ2) is 8.95. The molecule has 0 aliphatic carbocycles. The van der Waals surface area contributed by atoms with Crippen LogP contribution in [0.2, 0.25) is 0 Å². The predicted octanol–water partition coefficient (Wildman–Crippen LogP) is 1.73. The number of hydrogen-bond acceptors (Lipinski definition) is 3. The van der Waals surface area contributed by atoms with E-state index in [2.05, 4.69) is 17.1 Å². The Balaban J connectivity index is 2.14. The van der Waals surface area contributed by atoms with E-state index in [1.54, 1.807) is 6.92 Å². The van der Waals surface area contributed by atoms with Crippen molar-refractivity contribution in [3.8, 4) is 0 Å². The normalized spacial score (nSPS) is 19.3. The summed E-state index contributed by atoms with van der Waals surface area (Å²) in [6, 6.07) is 0. The molecule has 116 valence electrons. The number of aliphatic carboxylic acids is 1. The second-order valence-electron chi connectivity index (χ2n) is 6.18. The van der Waals surface area contributed by atoms with Crippen LogP contribution < -0.4 is 5.32 Å². The minimum atomic E-state index is -0.844. The molecule has 1 aliphatic heterocycles. The largest absolute Gasteiger partial charge is 0.481 e. The first-order chi connectivity index (χ1) is 9.47. The summed E-state index contributed by atoms with van der Waals surface area (Å²) in [6.07, 6.45) is 4.25. The minimum Gasteiger partial charge on any atom is -0.481 e. The SMILES string of the molecule is CC(CC(=O)O)CC(=O)NCC(C)CN1CCCCC1. The van der Waals surface area contributed by atoms with E-state index in [1.807, 2.05) is 0 Å². The number of likely N-dealkylation sites (tertiary alicyclic amines) is 1. The second-order valence-corrected chi connectivity index (χ2v) is 6.18. The third-order valence-corrected chi connectivity index (χ3v) is 3.72. The maximum Gasteiger partial charge on any atom is 0.303 e. The fourth-order valence-electron chi connectivity index (χ4n) is 2.69. The number of carboxylic acids is 1. The molecule has 0 saturated carbocycles. The minimum absolute atomic E-state index is 0.0377. The lowest BCUT2D eigenvalue weighted by atomic mass is 10.0. The van der Waals surface area contributed by atoms with Crippen molar-refractivity contribution in [2.24, 2.45) is 11.8 Å². The van der Waals surface area contributed by atoms with Gasteiger partial charge in [0.1, 0.15) is 0 Å². The van der Waals surface area contributed by atoms with Gasteiger partial charge in [-0.05, 0) is 37.8 Å². The van der Waals surface area contributed by atoms with E-state index in [9.17, 15) is 9.59 Å². The van der Waals surface area contributed by atoms with Crippen LogP contribution in [-0.4, -0.2) is 48.1 Å². The lowest BCUT2D eigenvalue weighted by Crippen LogP contribution is -2.38. The Morgan fingerprint density at radius 3 is 2.35 bits per heavy atom. The molecule has 0 radical (unpaired) electrons. The summed E-state index contributed by atoms with van der Waals surface area (Å²) >= 11 is 0. The molecule has 0 aromatic rings. The van der Waals surface area contributed by atoms with E-state index in [-0.39, 0.29) is 18.2 Å². The van der Waals surface area contributed by atoms with E-state index < -0.39 is 5.97 Å². The Morgan fingerprint density at radius 1 is 1.10 bits per heavy atom. The van der Waals surface area contributed by atoms with E-state index in [4.69, 9.17) is 5.11 Å². The standard InChI is InChI=1S/C15H28N2O3/c1-12(9-15(19)20)8-14(18)16-10-13(2)11-17-6-4-3-5-7-17/h12-13H,3-11H2,1-2H3,(H,16,18)(H,19,20). The van der Waals surface area contributed by atoms with Crippen molar-refractivity contribution in [3.63, 3.8) is 0 Å². The number of carbonyl (C=O) groups is 2. The van der Waals surface area contributed by atoms with Gasteiger partial charge in [-0.1, -0.05) is 20.3 Å². The number of piperidine rings is 1. The Morgan fingerprint density at radius 2 is 1.75 bits per heavy atom. The highest BCUT2D eigenvalue weighted by Gasteiger charge is 2.15. The van der Waals surface area contributed by atoms with E-state index in [0.717, 1.165) is 6.54 Å². The van der Waals surface area contributed by atoms with Gasteiger partial charge < -0.3 is 15.3 Å². The summed E-state index contributed by atoms with van der Waals surface area (Å²) in [4.78, 5) is 24.7. The summed E-state index contributed by atoms with van der Waals surface area (Å²) < 4.78 is 0. The molecule has 20 heavy (non-hydrogen) atoms. The predicted molar refractivity (Wildman–Crippen MR) is 78.5 cm³/mol. The van der Waals surface area contributed by atoms with Gasteiger partial charge in [0.25, 0.3) is 0 Å². The number of amides is 1. The van der Waals surface area contributed by atoms with Crippen LogP contribution in [0.25, 0.3) is 0 Å². The van der Waals surface area contributed by atoms with Crippen molar-refractivity contribution in [2.75, 3.05) is 26.2 Å². The topological polar surface area (TPSA) is 69.6 Å². The summed E-state index contributed by atoms with van der Waals surface area (Å²) in [7, 11) is 0. The van der Waals surface area contributed by atoms with Gasteiger partial charge in [0, 0.05) is 25.9 Å². The first-order valence-corrected chi connectivity index (χ1v) is 7.68. The molecule has 1 rings (SSSR count). The molecular formula is C15H28N2O3.